The molecular formula is C21H24N4. The maximum absolute atomic E-state index is 4.73. The van der Waals surface area contributed by atoms with Gasteiger partial charge in [-0.05, 0) is 43.5 Å². The van der Waals surface area contributed by atoms with E-state index < -0.39 is 0 Å². The number of rotatable bonds is 7. The number of aromatic nitrogens is 4. The molecule has 0 fully saturated rings. The molecule has 0 saturated carbocycles. The van der Waals surface area contributed by atoms with Crippen molar-refractivity contribution >= 4 is 22.1 Å². The summed E-state index contributed by atoms with van der Waals surface area (Å²) in [7, 11) is 0. The van der Waals surface area contributed by atoms with Gasteiger partial charge in [-0.2, -0.15) is 0 Å². The summed E-state index contributed by atoms with van der Waals surface area (Å²) in [6, 6.07) is 14.5. The molecule has 0 radical (unpaired) electrons. The van der Waals surface area contributed by atoms with Crippen molar-refractivity contribution in [1.29, 1.82) is 0 Å². The Balaban J connectivity index is 1.22. The number of fused-ring (bicyclic) bond motifs is 2. The van der Waals surface area contributed by atoms with Crippen molar-refractivity contribution in [2.45, 2.75) is 45.4 Å². The van der Waals surface area contributed by atoms with E-state index in [0.717, 1.165) is 46.6 Å². The molecule has 25 heavy (non-hydrogen) atoms. The fourth-order valence-corrected chi connectivity index (χ4v) is 3.41. The van der Waals surface area contributed by atoms with Crippen LogP contribution in [-0.4, -0.2) is 19.9 Å². The van der Waals surface area contributed by atoms with Crippen LogP contribution in [0.2, 0.25) is 0 Å². The zero-order valence-electron chi connectivity index (χ0n) is 14.7. The topological polar surface area (TPSA) is 57.4 Å². The van der Waals surface area contributed by atoms with Crippen molar-refractivity contribution in [3.63, 3.8) is 0 Å². The summed E-state index contributed by atoms with van der Waals surface area (Å²) >= 11 is 0. The average molecular weight is 332 g/mol. The predicted molar refractivity (Wildman–Crippen MR) is 103 cm³/mol. The summed E-state index contributed by atoms with van der Waals surface area (Å²) in [5, 5.41) is 0. The number of nitrogens with zero attached hydrogens (tertiary/aromatic N) is 2. The van der Waals surface area contributed by atoms with Gasteiger partial charge in [-0.1, -0.05) is 37.1 Å². The van der Waals surface area contributed by atoms with Crippen molar-refractivity contribution < 1.29 is 0 Å². The van der Waals surface area contributed by atoms with Gasteiger partial charge in [0, 0.05) is 12.8 Å². The van der Waals surface area contributed by atoms with Gasteiger partial charge in [0.15, 0.2) is 0 Å². The maximum atomic E-state index is 4.73. The van der Waals surface area contributed by atoms with Gasteiger partial charge < -0.3 is 9.97 Å². The molecule has 0 atom stereocenters. The number of para-hydroxylation sites is 3. The number of aromatic amines is 2. The third kappa shape index (κ3) is 3.58. The van der Waals surface area contributed by atoms with Crippen LogP contribution in [0.1, 0.15) is 42.9 Å². The largest absolute Gasteiger partial charge is 0.342 e. The molecule has 0 amide bonds. The summed E-state index contributed by atoms with van der Waals surface area (Å²) in [4.78, 5) is 16.2. The quantitative estimate of drug-likeness (QED) is 0.463. The van der Waals surface area contributed by atoms with Crippen LogP contribution < -0.4 is 0 Å². The second-order valence-corrected chi connectivity index (χ2v) is 6.77. The molecule has 2 N–H and O–H groups in total. The molecule has 4 aromatic rings. The van der Waals surface area contributed by atoms with Gasteiger partial charge in [-0.25, -0.2) is 9.97 Å². The number of hydrogen-bond donors (Lipinski definition) is 2. The van der Waals surface area contributed by atoms with E-state index in [2.05, 4.69) is 52.2 Å². The first-order chi connectivity index (χ1) is 12.3. The second kappa shape index (κ2) is 7.09. The molecule has 4 rings (SSSR count). The van der Waals surface area contributed by atoms with Gasteiger partial charge in [0.25, 0.3) is 0 Å². The van der Waals surface area contributed by atoms with Gasteiger partial charge >= 0.3 is 0 Å². The van der Waals surface area contributed by atoms with E-state index >= 15 is 0 Å². The second-order valence-electron chi connectivity index (χ2n) is 6.77. The standard InChI is InChI=1S/C21H24N4/c1-15-9-8-12-18-21(15)25-20(24-18)14-5-3-2-4-13-19-22-16-10-6-7-11-17(16)23-19/h6-12H,2-5,13-14H2,1H3,(H,22,23)(H,24,25). The van der Waals surface area contributed by atoms with Crippen LogP contribution in [-0.2, 0) is 12.8 Å². The van der Waals surface area contributed by atoms with Crippen molar-refractivity contribution in [3.05, 3.63) is 59.7 Å². The normalized spacial score (nSPS) is 11.6. The van der Waals surface area contributed by atoms with Crippen molar-refractivity contribution in [3.8, 4) is 0 Å². The number of benzene rings is 2. The Bertz CT molecular complexity index is 947. The Morgan fingerprint density at radius 3 is 2.16 bits per heavy atom. The lowest BCUT2D eigenvalue weighted by Crippen LogP contribution is -1.91. The number of nitrogens with one attached hydrogen (secondary N) is 2. The SMILES string of the molecule is Cc1cccc2[nH]c(CCCCCCc3nc4ccccc4[nH]3)nc12. The maximum Gasteiger partial charge on any atom is 0.107 e. The van der Waals surface area contributed by atoms with Crippen LogP contribution in [0.3, 0.4) is 0 Å². The summed E-state index contributed by atoms with van der Waals surface area (Å²) < 4.78 is 0. The summed E-state index contributed by atoms with van der Waals surface area (Å²) in [6.45, 7) is 2.12. The molecule has 0 aliphatic carbocycles. The predicted octanol–water partition coefficient (Wildman–Crippen LogP) is 5.09. The highest BCUT2D eigenvalue weighted by Gasteiger charge is 2.05. The number of imidazole rings is 2. The zero-order chi connectivity index (χ0) is 17.1. The highest BCUT2D eigenvalue weighted by molar-refractivity contribution is 5.78. The van der Waals surface area contributed by atoms with Crippen LogP contribution in [0.4, 0.5) is 0 Å². The molecule has 0 aliphatic rings. The lowest BCUT2D eigenvalue weighted by Gasteiger charge is -1.99. The molecule has 0 saturated heterocycles. The highest BCUT2D eigenvalue weighted by Crippen LogP contribution is 2.17. The van der Waals surface area contributed by atoms with Gasteiger partial charge in [-0.3, -0.25) is 0 Å². The van der Waals surface area contributed by atoms with Gasteiger partial charge in [0.05, 0.1) is 22.1 Å². The van der Waals surface area contributed by atoms with Crippen LogP contribution in [0.5, 0.6) is 0 Å². The van der Waals surface area contributed by atoms with Crippen LogP contribution >= 0.6 is 0 Å². The van der Waals surface area contributed by atoms with Gasteiger partial charge in [0.2, 0.25) is 0 Å². The molecule has 2 aromatic heterocycles. The lowest BCUT2D eigenvalue weighted by atomic mass is 10.1. The molecule has 0 unspecified atom stereocenters. The number of aryl methyl sites for hydroxylation is 3. The molecule has 4 nitrogen and oxygen atoms in total. The fourth-order valence-electron chi connectivity index (χ4n) is 3.41. The first-order valence-electron chi connectivity index (χ1n) is 9.17. The Kier molecular flexibility index (Phi) is 4.51. The molecule has 2 heterocycles. The van der Waals surface area contributed by atoms with E-state index in [1.165, 1.54) is 31.2 Å². The van der Waals surface area contributed by atoms with E-state index in [1.807, 2.05) is 12.1 Å². The van der Waals surface area contributed by atoms with E-state index in [9.17, 15) is 0 Å². The minimum Gasteiger partial charge on any atom is -0.342 e. The molecule has 128 valence electrons. The Hall–Kier alpha value is -2.62. The highest BCUT2D eigenvalue weighted by atomic mass is 14.9. The molecule has 0 aliphatic heterocycles. The van der Waals surface area contributed by atoms with E-state index in [-0.39, 0.29) is 0 Å². The number of H-pyrrole nitrogens is 2. The summed E-state index contributed by atoms with van der Waals surface area (Å²) in [5.74, 6) is 2.22. The van der Waals surface area contributed by atoms with Crippen molar-refractivity contribution in [2.75, 3.05) is 0 Å². The average Bonchev–Trinajstić information content (AvgIpc) is 3.22. The Morgan fingerprint density at radius 2 is 1.40 bits per heavy atom. The molecular weight excluding hydrogens is 308 g/mol. The zero-order valence-corrected chi connectivity index (χ0v) is 14.7. The monoisotopic (exact) mass is 332 g/mol. The molecule has 0 spiro atoms. The Labute approximate surface area is 147 Å². The van der Waals surface area contributed by atoms with Crippen molar-refractivity contribution in [2.24, 2.45) is 0 Å². The number of unbranched alkanes of at least 4 members (excludes halogenated alkanes) is 3. The summed E-state index contributed by atoms with van der Waals surface area (Å²) in [5.41, 5.74) is 5.71. The third-order valence-corrected chi connectivity index (χ3v) is 4.78. The first kappa shape index (κ1) is 15.9. The molecule has 2 aromatic carbocycles. The number of hydrogen-bond acceptors (Lipinski definition) is 2. The summed E-state index contributed by atoms with van der Waals surface area (Å²) in [6.07, 6.45) is 6.88. The Morgan fingerprint density at radius 1 is 0.720 bits per heavy atom. The minimum absolute atomic E-state index is 1.03. The van der Waals surface area contributed by atoms with E-state index in [1.54, 1.807) is 0 Å². The lowest BCUT2D eigenvalue weighted by molar-refractivity contribution is 0.625. The first-order valence-corrected chi connectivity index (χ1v) is 9.17. The molecule has 0 bridgehead atoms. The smallest absolute Gasteiger partial charge is 0.107 e. The van der Waals surface area contributed by atoms with Crippen LogP contribution in [0.15, 0.2) is 42.5 Å². The van der Waals surface area contributed by atoms with Crippen LogP contribution in [0.25, 0.3) is 22.1 Å². The fraction of sp³-hybridized carbons (Fsp3) is 0.333. The van der Waals surface area contributed by atoms with Crippen molar-refractivity contribution in [1.82, 2.24) is 19.9 Å². The van der Waals surface area contributed by atoms with E-state index in [4.69, 9.17) is 4.98 Å². The van der Waals surface area contributed by atoms with Gasteiger partial charge in [-0.15, -0.1) is 0 Å². The van der Waals surface area contributed by atoms with Gasteiger partial charge in [0.1, 0.15) is 11.6 Å². The minimum atomic E-state index is 1.03. The van der Waals surface area contributed by atoms with E-state index in [0.29, 0.717) is 0 Å². The third-order valence-electron chi connectivity index (χ3n) is 4.78. The van der Waals surface area contributed by atoms with Crippen LogP contribution in [0, 0.1) is 6.92 Å². The molecule has 4 heteroatoms.